The molecule has 1 aromatic heterocycles. The maximum atomic E-state index is 6.01. The molecule has 0 aliphatic heterocycles. The number of benzene rings is 1. The molecule has 3 heteroatoms. The van der Waals surface area contributed by atoms with Gasteiger partial charge in [-0.05, 0) is 30.2 Å². The van der Waals surface area contributed by atoms with Crippen molar-refractivity contribution in [1.29, 1.82) is 0 Å². The highest BCUT2D eigenvalue weighted by Crippen LogP contribution is 2.18. The van der Waals surface area contributed by atoms with Crippen LogP contribution in [0, 0.1) is 0 Å². The minimum Gasteiger partial charge on any atom is -0.489 e. The maximum Gasteiger partial charge on any atom is 0.120 e. The lowest BCUT2D eigenvalue weighted by Crippen LogP contribution is -1.97. The monoisotopic (exact) mass is 247 g/mol. The predicted molar refractivity (Wildman–Crippen MR) is 69.4 cm³/mol. The predicted octanol–water partition coefficient (Wildman–Crippen LogP) is 3.88. The fourth-order valence-electron chi connectivity index (χ4n) is 1.54. The Morgan fingerprint density at radius 2 is 2.18 bits per heavy atom. The Kier molecular flexibility index (Phi) is 3.99. The largest absolute Gasteiger partial charge is 0.489 e. The normalized spacial score (nSPS) is 10.2. The first-order valence-electron chi connectivity index (χ1n) is 5.59. The van der Waals surface area contributed by atoms with Crippen LogP contribution in [0.1, 0.15) is 18.1 Å². The van der Waals surface area contributed by atoms with E-state index < -0.39 is 0 Å². The average molecular weight is 248 g/mol. The lowest BCUT2D eigenvalue weighted by Gasteiger charge is -2.08. The van der Waals surface area contributed by atoms with Gasteiger partial charge in [0.05, 0.1) is 5.02 Å². The van der Waals surface area contributed by atoms with Crippen LogP contribution in [0.4, 0.5) is 0 Å². The first-order chi connectivity index (χ1) is 8.29. The molecule has 0 radical (unpaired) electrons. The molecule has 2 nitrogen and oxygen atoms in total. The highest BCUT2D eigenvalue weighted by atomic mass is 35.5. The number of rotatable bonds is 4. The molecule has 0 spiro atoms. The molecule has 2 rings (SSSR count). The van der Waals surface area contributed by atoms with Crippen LogP contribution in [-0.4, -0.2) is 4.98 Å². The zero-order valence-corrected chi connectivity index (χ0v) is 10.4. The smallest absolute Gasteiger partial charge is 0.120 e. The molecule has 0 saturated carbocycles. The Hall–Kier alpha value is -1.54. The van der Waals surface area contributed by atoms with E-state index in [1.807, 2.05) is 18.2 Å². The van der Waals surface area contributed by atoms with Crippen LogP contribution in [0.2, 0.25) is 5.02 Å². The zero-order chi connectivity index (χ0) is 12.1. The summed E-state index contributed by atoms with van der Waals surface area (Å²) in [6, 6.07) is 9.96. The second-order valence-corrected chi connectivity index (χ2v) is 4.16. The molecule has 0 aliphatic carbocycles. The molecule has 0 N–H and O–H groups in total. The molecule has 0 unspecified atom stereocenters. The highest BCUT2D eigenvalue weighted by molar-refractivity contribution is 6.31. The van der Waals surface area contributed by atoms with E-state index in [0.29, 0.717) is 11.6 Å². The van der Waals surface area contributed by atoms with Crippen molar-refractivity contribution in [2.45, 2.75) is 20.0 Å². The minimum atomic E-state index is 0.467. The van der Waals surface area contributed by atoms with Crippen LogP contribution >= 0.6 is 11.6 Å². The van der Waals surface area contributed by atoms with Gasteiger partial charge in [0.25, 0.3) is 0 Å². The van der Waals surface area contributed by atoms with Gasteiger partial charge in [-0.15, -0.1) is 0 Å². The van der Waals surface area contributed by atoms with Gasteiger partial charge < -0.3 is 4.74 Å². The summed E-state index contributed by atoms with van der Waals surface area (Å²) in [7, 11) is 0. The standard InChI is InChI=1S/C14H14ClNO/c1-2-11-4-3-5-13(8-11)17-10-12-6-7-16-9-14(12)15/h3-9H,2,10H2,1H3. The Bertz CT molecular complexity index is 499. The van der Waals surface area contributed by atoms with Crippen LogP contribution in [0.25, 0.3) is 0 Å². The third-order valence-corrected chi connectivity index (χ3v) is 2.90. The summed E-state index contributed by atoms with van der Waals surface area (Å²) in [5, 5.41) is 0.638. The Morgan fingerprint density at radius 3 is 2.94 bits per heavy atom. The Labute approximate surface area is 106 Å². The van der Waals surface area contributed by atoms with Crippen LogP contribution < -0.4 is 4.74 Å². The van der Waals surface area contributed by atoms with Gasteiger partial charge in [-0.2, -0.15) is 0 Å². The van der Waals surface area contributed by atoms with Crippen LogP contribution in [0.15, 0.2) is 42.7 Å². The molecule has 0 bridgehead atoms. The highest BCUT2D eigenvalue weighted by Gasteiger charge is 2.01. The maximum absolute atomic E-state index is 6.01. The van der Waals surface area contributed by atoms with E-state index in [1.165, 1.54) is 5.56 Å². The summed E-state index contributed by atoms with van der Waals surface area (Å²) in [4.78, 5) is 3.94. The summed E-state index contributed by atoms with van der Waals surface area (Å²) in [5.74, 6) is 0.872. The van der Waals surface area contributed by atoms with Crippen LogP contribution in [-0.2, 0) is 13.0 Å². The lowest BCUT2D eigenvalue weighted by molar-refractivity contribution is 0.306. The van der Waals surface area contributed by atoms with Crippen molar-refractivity contribution in [3.8, 4) is 5.75 Å². The van der Waals surface area contributed by atoms with Gasteiger partial charge in [-0.1, -0.05) is 30.7 Å². The fourth-order valence-corrected chi connectivity index (χ4v) is 1.71. The van der Waals surface area contributed by atoms with Gasteiger partial charge in [-0.25, -0.2) is 0 Å². The molecule has 0 amide bonds. The molecular formula is C14H14ClNO. The molecule has 0 fully saturated rings. The number of hydrogen-bond donors (Lipinski definition) is 0. The van der Waals surface area contributed by atoms with Crippen molar-refractivity contribution in [1.82, 2.24) is 4.98 Å². The van der Waals surface area contributed by atoms with Gasteiger partial charge in [-0.3, -0.25) is 4.98 Å². The van der Waals surface area contributed by atoms with Crippen LogP contribution in [0.5, 0.6) is 5.75 Å². The van der Waals surface area contributed by atoms with E-state index in [-0.39, 0.29) is 0 Å². The third-order valence-electron chi connectivity index (χ3n) is 2.56. The summed E-state index contributed by atoms with van der Waals surface area (Å²) < 4.78 is 5.70. The number of nitrogens with zero attached hydrogens (tertiary/aromatic N) is 1. The number of aryl methyl sites for hydroxylation is 1. The van der Waals surface area contributed by atoms with Gasteiger partial charge in [0.2, 0.25) is 0 Å². The minimum absolute atomic E-state index is 0.467. The van der Waals surface area contributed by atoms with Crippen molar-refractivity contribution in [3.05, 3.63) is 58.9 Å². The van der Waals surface area contributed by atoms with Crippen molar-refractivity contribution >= 4 is 11.6 Å². The molecule has 0 atom stereocenters. The first-order valence-corrected chi connectivity index (χ1v) is 5.97. The summed E-state index contributed by atoms with van der Waals surface area (Å²) in [5.41, 5.74) is 2.21. The number of ether oxygens (including phenoxy) is 1. The first kappa shape index (κ1) is 11.9. The third kappa shape index (κ3) is 3.21. The quantitative estimate of drug-likeness (QED) is 0.818. The number of halogens is 1. The molecule has 1 aromatic carbocycles. The average Bonchev–Trinajstić information content (AvgIpc) is 2.38. The van der Waals surface area contributed by atoms with E-state index >= 15 is 0 Å². The molecule has 2 aromatic rings. The van der Waals surface area contributed by atoms with Crippen molar-refractivity contribution < 1.29 is 4.74 Å². The van der Waals surface area contributed by atoms with E-state index in [4.69, 9.17) is 16.3 Å². The second kappa shape index (κ2) is 5.69. The van der Waals surface area contributed by atoms with Crippen molar-refractivity contribution in [3.63, 3.8) is 0 Å². The molecule has 17 heavy (non-hydrogen) atoms. The Morgan fingerprint density at radius 1 is 1.29 bits per heavy atom. The van der Waals surface area contributed by atoms with Crippen LogP contribution in [0.3, 0.4) is 0 Å². The molecule has 1 heterocycles. The summed E-state index contributed by atoms with van der Waals surface area (Å²) in [6.45, 7) is 2.59. The zero-order valence-electron chi connectivity index (χ0n) is 9.69. The van der Waals surface area contributed by atoms with E-state index in [1.54, 1.807) is 12.4 Å². The molecular weight excluding hydrogens is 234 g/mol. The lowest BCUT2D eigenvalue weighted by atomic mass is 10.2. The van der Waals surface area contributed by atoms with Gasteiger partial charge in [0.1, 0.15) is 12.4 Å². The van der Waals surface area contributed by atoms with Gasteiger partial charge in [0.15, 0.2) is 0 Å². The summed E-state index contributed by atoms with van der Waals surface area (Å²) >= 11 is 6.01. The molecule has 0 saturated heterocycles. The van der Waals surface area contributed by atoms with Crippen molar-refractivity contribution in [2.75, 3.05) is 0 Å². The molecule has 0 aliphatic rings. The van der Waals surface area contributed by atoms with E-state index in [9.17, 15) is 0 Å². The van der Waals surface area contributed by atoms with E-state index in [2.05, 4.69) is 24.0 Å². The van der Waals surface area contributed by atoms with Gasteiger partial charge >= 0.3 is 0 Å². The number of aromatic nitrogens is 1. The van der Waals surface area contributed by atoms with Crippen molar-refractivity contribution in [2.24, 2.45) is 0 Å². The molecule has 88 valence electrons. The van der Waals surface area contributed by atoms with Gasteiger partial charge in [0, 0.05) is 18.0 Å². The topological polar surface area (TPSA) is 22.1 Å². The Balaban J connectivity index is 2.05. The van der Waals surface area contributed by atoms with E-state index in [0.717, 1.165) is 17.7 Å². The summed E-state index contributed by atoms with van der Waals surface area (Å²) in [6.07, 6.45) is 4.35. The second-order valence-electron chi connectivity index (χ2n) is 3.76. The number of pyridine rings is 1. The fraction of sp³-hybridized carbons (Fsp3) is 0.214. The number of hydrogen-bond acceptors (Lipinski definition) is 2. The SMILES string of the molecule is CCc1cccc(OCc2ccncc2Cl)c1.